The number of nitrogens with zero attached hydrogens (tertiary/aromatic N) is 2. The zero-order valence-electron chi connectivity index (χ0n) is 10.5. The fourth-order valence-corrected chi connectivity index (χ4v) is 1.95. The maximum absolute atomic E-state index is 12.4. The second-order valence-electron chi connectivity index (χ2n) is 4.49. The van der Waals surface area contributed by atoms with Gasteiger partial charge in [0.05, 0.1) is 5.56 Å². The van der Waals surface area contributed by atoms with Crippen molar-refractivity contribution in [3.05, 3.63) is 41.5 Å². The lowest BCUT2D eigenvalue weighted by atomic mass is 10.1. The standard InChI is InChI=1S/C14H16F3N2/c15-14(16,17)13-5-3-12(4-6-13)2-1-9-19-10-7-18-8-11-19/h1-6H,7-11H2. The molecule has 0 bridgehead atoms. The molecule has 2 nitrogen and oxygen atoms in total. The summed E-state index contributed by atoms with van der Waals surface area (Å²) in [5.41, 5.74) is 0.178. The molecular formula is C14H16F3N2. The van der Waals surface area contributed by atoms with Crippen LogP contribution in [0, 0.1) is 0 Å². The van der Waals surface area contributed by atoms with Crippen molar-refractivity contribution in [3.8, 4) is 0 Å². The van der Waals surface area contributed by atoms with E-state index in [9.17, 15) is 13.2 Å². The number of rotatable bonds is 3. The Morgan fingerprint density at radius 3 is 2.32 bits per heavy atom. The zero-order valence-corrected chi connectivity index (χ0v) is 10.5. The Bertz CT molecular complexity index is 417. The highest BCUT2D eigenvalue weighted by molar-refractivity contribution is 5.50. The van der Waals surface area contributed by atoms with Gasteiger partial charge in [0.15, 0.2) is 0 Å². The molecule has 19 heavy (non-hydrogen) atoms. The third kappa shape index (κ3) is 4.36. The second-order valence-corrected chi connectivity index (χ2v) is 4.49. The molecule has 103 valence electrons. The van der Waals surface area contributed by atoms with E-state index in [1.165, 1.54) is 12.1 Å². The molecule has 0 spiro atoms. The first-order valence-corrected chi connectivity index (χ1v) is 6.25. The van der Waals surface area contributed by atoms with Gasteiger partial charge in [0.2, 0.25) is 0 Å². The van der Waals surface area contributed by atoms with Crippen LogP contribution in [0.4, 0.5) is 13.2 Å². The van der Waals surface area contributed by atoms with Gasteiger partial charge in [-0.15, -0.1) is 0 Å². The largest absolute Gasteiger partial charge is 0.416 e. The van der Waals surface area contributed by atoms with Crippen LogP contribution in [0.3, 0.4) is 0 Å². The van der Waals surface area contributed by atoms with Crippen molar-refractivity contribution in [3.63, 3.8) is 0 Å². The molecular weight excluding hydrogens is 253 g/mol. The second kappa shape index (κ2) is 6.21. The van der Waals surface area contributed by atoms with Gasteiger partial charge in [0.1, 0.15) is 0 Å². The zero-order chi connectivity index (χ0) is 13.7. The van der Waals surface area contributed by atoms with Crippen LogP contribution in [0.1, 0.15) is 11.1 Å². The Labute approximate surface area is 110 Å². The maximum Gasteiger partial charge on any atom is 0.416 e. The molecule has 0 amide bonds. The van der Waals surface area contributed by atoms with E-state index in [4.69, 9.17) is 0 Å². The Morgan fingerprint density at radius 2 is 1.74 bits per heavy atom. The summed E-state index contributed by atoms with van der Waals surface area (Å²) >= 11 is 0. The van der Waals surface area contributed by atoms with Crippen molar-refractivity contribution in [1.29, 1.82) is 0 Å². The normalized spacial score (nSPS) is 18.1. The summed E-state index contributed by atoms with van der Waals surface area (Å²) in [6.07, 6.45) is -0.431. The van der Waals surface area contributed by atoms with Gasteiger partial charge >= 0.3 is 6.18 Å². The summed E-state index contributed by atoms with van der Waals surface area (Å²) in [6.45, 7) is 4.47. The molecule has 0 atom stereocenters. The van der Waals surface area contributed by atoms with E-state index in [1.54, 1.807) is 0 Å². The van der Waals surface area contributed by atoms with Gasteiger partial charge in [-0.1, -0.05) is 24.3 Å². The molecule has 2 rings (SSSR count). The van der Waals surface area contributed by atoms with Gasteiger partial charge < -0.3 is 0 Å². The van der Waals surface area contributed by atoms with E-state index < -0.39 is 11.7 Å². The van der Waals surface area contributed by atoms with Gasteiger partial charge in [-0.3, -0.25) is 4.90 Å². The molecule has 1 fully saturated rings. The Kier molecular flexibility index (Phi) is 4.61. The molecule has 1 aromatic rings. The van der Waals surface area contributed by atoms with Crippen LogP contribution >= 0.6 is 0 Å². The molecule has 5 heteroatoms. The van der Waals surface area contributed by atoms with E-state index in [1.807, 2.05) is 12.2 Å². The third-order valence-corrected chi connectivity index (χ3v) is 3.06. The predicted octanol–water partition coefficient (Wildman–Crippen LogP) is 2.64. The van der Waals surface area contributed by atoms with Gasteiger partial charge in [-0.05, 0) is 17.7 Å². The highest BCUT2D eigenvalue weighted by Crippen LogP contribution is 2.29. The minimum atomic E-state index is -4.26. The number of hydrogen-bond donors (Lipinski definition) is 0. The molecule has 0 N–H and O–H groups in total. The molecule has 0 unspecified atom stereocenters. The fraction of sp³-hybridized carbons (Fsp3) is 0.429. The summed E-state index contributed by atoms with van der Waals surface area (Å²) in [4.78, 5) is 2.27. The molecule has 1 aliphatic rings. The quantitative estimate of drug-likeness (QED) is 0.824. The molecule has 1 heterocycles. The van der Waals surface area contributed by atoms with Crippen molar-refractivity contribution in [2.75, 3.05) is 32.7 Å². The fourth-order valence-electron chi connectivity index (χ4n) is 1.95. The molecule has 0 saturated carbocycles. The van der Waals surface area contributed by atoms with Crippen molar-refractivity contribution in [2.45, 2.75) is 6.18 Å². The first-order valence-electron chi connectivity index (χ1n) is 6.25. The monoisotopic (exact) mass is 269 g/mol. The Morgan fingerprint density at radius 1 is 1.11 bits per heavy atom. The van der Waals surface area contributed by atoms with Crippen molar-refractivity contribution in [1.82, 2.24) is 10.2 Å². The van der Waals surface area contributed by atoms with Crippen LogP contribution in [-0.4, -0.2) is 37.6 Å². The lowest BCUT2D eigenvalue weighted by molar-refractivity contribution is -0.137. The minimum Gasteiger partial charge on any atom is -0.297 e. The van der Waals surface area contributed by atoms with Gasteiger partial charge in [0.25, 0.3) is 0 Å². The number of alkyl halides is 3. The number of halogens is 3. The highest BCUT2D eigenvalue weighted by atomic mass is 19.4. The van der Waals surface area contributed by atoms with Crippen LogP contribution in [0.2, 0.25) is 0 Å². The lowest BCUT2D eigenvalue weighted by Crippen LogP contribution is -2.40. The van der Waals surface area contributed by atoms with E-state index in [0.29, 0.717) is 0 Å². The molecule has 1 radical (unpaired) electrons. The molecule has 0 aromatic heterocycles. The molecule has 1 saturated heterocycles. The van der Waals surface area contributed by atoms with E-state index in [-0.39, 0.29) is 0 Å². The average molecular weight is 269 g/mol. The van der Waals surface area contributed by atoms with E-state index in [2.05, 4.69) is 10.2 Å². The van der Waals surface area contributed by atoms with Gasteiger partial charge in [-0.25, -0.2) is 5.32 Å². The van der Waals surface area contributed by atoms with Gasteiger partial charge in [-0.2, -0.15) is 13.2 Å². The molecule has 1 aliphatic heterocycles. The van der Waals surface area contributed by atoms with Crippen molar-refractivity contribution >= 4 is 6.08 Å². The van der Waals surface area contributed by atoms with Crippen molar-refractivity contribution < 1.29 is 13.2 Å². The number of hydrogen-bond acceptors (Lipinski definition) is 1. The van der Waals surface area contributed by atoms with Gasteiger partial charge in [0, 0.05) is 32.7 Å². The third-order valence-electron chi connectivity index (χ3n) is 3.06. The number of piperazine rings is 1. The summed E-state index contributed by atoms with van der Waals surface area (Å²) in [6, 6.07) is 5.20. The summed E-state index contributed by atoms with van der Waals surface area (Å²) in [5.74, 6) is 0. The summed E-state index contributed by atoms with van der Waals surface area (Å²) in [5, 5.41) is 4.25. The average Bonchev–Trinajstić information content (AvgIpc) is 2.39. The molecule has 0 aliphatic carbocycles. The van der Waals surface area contributed by atoms with Crippen LogP contribution in [-0.2, 0) is 6.18 Å². The predicted molar refractivity (Wildman–Crippen MR) is 68.8 cm³/mol. The smallest absolute Gasteiger partial charge is 0.297 e. The Balaban J connectivity index is 1.88. The van der Waals surface area contributed by atoms with E-state index >= 15 is 0 Å². The lowest BCUT2D eigenvalue weighted by Gasteiger charge is -2.24. The van der Waals surface area contributed by atoms with E-state index in [0.717, 1.165) is 50.4 Å². The maximum atomic E-state index is 12.4. The Hall–Kier alpha value is -1.33. The molecule has 1 aromatic carbocycles. The van der Waals surface area contributed by atoms with Crippen molar-refractivity contribution in [2.24, 2.45) is 0 Å². The van der Waals surface area contributed by atoms with Crippen LogP contribution in [0.5, 0.6) is 0 Å². The summed E-state index contributed by atoms with van der Waals surface area (Å²) in [7, 11) is 0. The topological polar surface area (TPSA) is 17.3 Å². The minimum absolute atomic E-state index is 0.609. The van der Waals surface area contributed by atoms with Crippen LogP contribution < -0.4 is 5.32 Å². The SMILES string of the molecule is FC(F)(F)c1ccc(C=CCN2CC[N]CC2)cc1. The highest BCUT2D eigenvalue weighted by Gasteiger charge is 2.29. The first-order chi connectivity index (χ1) is 9.05. The summed E-state index contributed by atoms with van der Waals surface area (Å²) < 4.78 is 37.1. The van der Waals surface area contributed by atoms with Crippen LogP contribution in [0.15, 0.2) is 30.3 Å². The first kappa shape index (κ1) is 14.1. The van der Waals surface area contributed by atoms with Crippen LogP contribution in [0.25, 0.3) is 6.08 Å². The number of benzene rings is 1.